The molecule has 198 valence electrons. The molecule has 1 heterocycles. The topological polar surface area (TPSA) is 85.3 Å². The van der Waals surface area contributed by atoms with Gasteiger partial charge in [-0.25, -0.2) is 0 Å². The van der Waals surface area contributed by atoms with Crippen LogP contribution in [0.25, 0.3) is 5.76 Å². The van der Waals surface area contributed by atoms with E-state index in [1.165, 1.54) is 12.0 Å². The number of rotatable bonds is 8. The van der Waals surface area contributed by atoms with Crippen molar-refractivity contribution in [1.29, 1.82) is 0 Å². The normalized spacial score (nSPS) is 16.7. The highest BCUT2D eigenvalue weighted by atomic mass is 35.5. The number of carbonyl (C=O) groups is 2. The lowest BCUT2D eigenvalue weighted by Crippen LogP contribution is -2.29. The number of methoxy groups -OCH3 is 2. The van der Waals surface area contributed by atoms with Gasteiger partial charge in [0, 0.05) is 6.54 Å². The predicted molar refractivity (Wildman–Crippen MR) is 146 cm³/mol. The zero-order valence-corrected chi connectivity index (χ0v) is 22.7. The Kier molecular flexibility index (Phi) is 7.97. The number of likely N-dealkylation sites (tertiary alicyclic amines) is 1. The number of carbonyl (C=O) groups excluding carboxylic acids is 2. The molecule has 1 atom stereocenters. The van der Waals surface area contributed by atoms with Gasteiger partial charge in [-0.2, -0.15) is 0 Å². The summed E-state index contributed by atoms with van der Waals surface area (Å²) in [4.78, 5) is 28.3. The van der Waals surface area contributed by atoms with Crippen LogP contribution in [0, 0.1) is 6.92 Å². The Morgan fingerprint density at radius 2 is 1.61 bits per heavy atom. The molecule has 1 amide bonds. The number of Topliss-reactive ketones (excluding diaryl/α,β-unsaturated/α-hetero) is 1. The molecule has 8 heteroatoms. The first-order valence-electron chi connectivity index (χ1n) is 12.2. The van der Waals surface area contributed by atoms with Gasteiger partial charge in [-0.05, 0) is 73.9 Å². The Bertz CT molecular complexity index is 1380. The molecule has 1 N–H and O–H groups in total. The molecule has 0 aliphatic carbocycles. The van der Waals surface area contributed by atoms with Crippen LogP contribution in [0.3, 0.4) is 0 Å². The fourth-order valence-electron chi connectivity index (χ4n) is 4.58. The molecule has 0 bridgehead atoms. The molecule has 1 saturated heterocycles. The number of aliphatic hydroxyl groups excluding tert-OH is 1. The SMILES string of the molecule is COc1ccc(CN2C(=O)C(=O)/C(=C(/O)c3cc(C)cc(Cl)c3OC)C2c2ccc(OC(C)C)cc2)cc1. The standard InChI is InChI=1S/C30H30ClNO6/c1-17(2)38-22-12-8-20(9-13-22)26-25(27(33)23-14-18(3)15-24(31)29(23)37-5)28(34)30(35)32(26)16-19-6-10-21(36-4)11-7-19/h6-15,17,26,33H,16H2,1-5H3/b27-25+. The zero-order valence-electron chi connectivity index (χ0n) is 21.9. The summed E-state index contributed by atoms with van der Waals surface area (Å²) in [5, 5.41) is 11.8. The number of ketones is 1. The van der Waals surface area contributed by atoms with Gasteiger partial charge in [-0.1, -0.05) is 35.9 Å². The molecular weight excluding hydrogens is 506 g/mol. The largest absolute Gasteiger partial charge is 0.507 e. The van der Waals surface area contributed by atoms with Crippen molar-refractivity contribution in [2.75, 3.05) is 14.2 Å². The summed E-state index contributed by atoms with van der Waals surface area (Å²) in [6.07, 6.45) is -0.0138. The lowest BCUT2D eigenvalue weighted by Gasteiger charge is -2.26. The third kappa shape index (κ3) is 5.34. The van der Waals surface area contributed by atoms with Crippen molar-refractivity contribution in [3.8, 4) is 17.2 Å². The van der Waals surface area contributed by atoms with Crippen molar-refractivity contribution >= 4 is 29.1 Å². The second kappa shape index (κ2) is 11.2. The van der Waals surface area contributed by atoms with Crippen molar-refractivity contribution in [2.45, 2.75) is 39.5 Å². The molecule has 7 nitrogen and oxygen atoms in total. The number of hydrogen-bond acceptors (Lipinski definition) is 6. The van der Waals surface area contributed by atoms with Crippen molar-refractivity contribution in [3.05, 3.63) is 93.5 Å². The molecule has 1 fully saturated rings. The fraction of sp³-hybridized carbons (Fsp3) is 0.267. The smallest absolute Gasteiger partial charge is 0.295 e. The van der Waals surface area contributed by atoms with Crippen LogP contribution in [0.1, 0.15) is 42.1 Å². The lowest BCUT2D eigenvalue weighted by atomic mass is 9.94. The third-order valence-electron chi connectivity index (χ3n) is 6.27. The first kappa shape index (κ1) is 27.1. The Balaban J connectivity index is 1.87. The number of nitrogens with zero attached hydrogens (tertiary/aromatic N) is 1. The van der Waals surface area contributed by atoms with Gasteiger partial charge in [-0.15, -0.1) is 0 Å². The van der Waals surface area contributed by atoms with Crippen molar-refractivity contribution in [3.63, 3.8) is 0 Å². The van der Waals surface area contributed by atoms with Crippen LogP contribution in [0.2, 0.25) is 5.02 Å². The Morgan fingerprint density at radius 3 is 2.18 bits per heavy atom. The summed E-state index contributed by atoms with van der Waals surface area (Å²) >= 11 is 6.38. The molecular formula is C30H30ClNO6. The molecule has 1 aliphatic heterocycles. The monoisotopic (exact) mass is 535 g/mol. The maximum Gasteiger partial charge on any atom is 0.295 e. The molecule has 3 aromatic carbocycles. The van der Waals surface area contributed by atoms with E-state index in [2.05, 4.69) is 0 Å². The van der Waals surface area contributed by atoms with Gasteiger partial charge < -0.3 is 24.2 Å². The third-order valence-corrected chi connectivity index (χ3v) is 6.55. The molecule has 1 aliphatic rings. The molecule has 4 rings (SSSR count). The quantitative estimate of drug-likeness (QED) is 0.214. The van der Waals surface area contributed by atoms with Gasteiger partial charge in [0.05, 0.1) is 42.5 Å². The van der Waals surface area contributed by atoms with Crippen molar-refractivity contribution in [2.24, 2.45) is 0 Å². The maximum absolute atomic E-state index is 13.5. The highest BCUT2D eigenvalue weighted by Crippen LogP contribution is 2.43. The van der Waals surface area contributed by atoms with Crippen molar-refractivity contribution < 1.29 is 28.9 Å². The second-order valence-corrected chi connectivity index (χ2v) is 9.75. The van der Waals surface area contributed by atoms with E-state index < -0.39 is 17.7 Å². The number of benzene rings is 3. The predicted octanol–water partition coefficient (Wildman–Crippen LogP) is 6.07. The van der Waals surface area contributed by atoms with Crippen LogP contribution in [-0.4, -0.2) is 42.0 Å². The van der Waals surface area contributed by atoms with E-state index in [9.17, 15) is 14.7 Å². The minimum absolute atomic E-state index is 0.0138. The summed E-state index contributed by atoms with van der Waals surface area (Å²) in [7, 11) is 3.01. The van der Waals surface area contributed by atoms with Crippen LogP contribution in [0.4, 0.5) is 0 Å². The molecule has 0 saturated carbocycles. The molecule has 3 aromatic rings. The van der Waals surface area contributed by atoms with Gasteiger partial charge >= 0.3 is 0 Å². The van der Waals surface area contributed by atoms with E-state index in [4.69, 9.17) is 25.8 Å². The highest BCUT2D eigenvalue weighted by Gasteiger charge is 2.46. The average molecular weight is 536 g/mol. The van der Waals surface area contributed by atoms with Crippen LogP contribution in [-0.2, 0) is 16.1 Å². The Hall–Kier alpha value is -3.97. The number of aryl methyl sites for hydroxylation is 1. The van der Waals surface area contributed by atoms with E-state index >= 15 is 0 Å². The summed E-state index contributed by atoms with van der Waals surface area (Å²) in [5.41, 5.74) is 2.41. The second-order valence-electron chi connectivity index (χ2n) is 9.34. The minimum Gasteiger partial charge on any atom is -0.507 e. The van der Waals surface area contributed by atoms with Crippen LogP contribution < -0.4 is 14.2 Å². The Labute approximate surface area is 227 Å². The lowest BCUT2D eigenvalue weighted by molar-refractivity contribution is -0.140. The fourth-order valence-corrected chi connectivity index (χ4v) is 4.93. The number of amides is 1. The zero-order chi connectivity index (χ0) is 27.6. The molecule has 0 spiro atoms. The van der Waals surface area contributed by atoms with Gasteiger partial charge in [0.15, 0.2) is 0 Å². The minimum atomic E-state index is -0.853. The maximum atomic E-state index is 13.5. The summed E-state index contributed by atoms with van der Waals surface area (Å²) in [5.74, 6) is -0.304. The van der Waals surface area contributed by atoms with E-state index in [-0.39, 0.29) is 40.3 Å². The van der Waals surface area contributed by atoms with E-state index in [1.54, 1.807) is 55.6 Å². The first-order valence-corrected chi connectivity index (χ1v) is 12.5. The number of hydrogen-bond donors (Lipinski definition) is 1. The molecule has 0 radical (unpaired) electrons. The van der Waals surface area contributed by atoms with Crippen molar-refractivity contribution in [1.82, 2.24) is 4.90 Å². The summed E-state index contributed by atoms with van der Waals surface area (Å²) < 4.78 is 16.4. The first-order chi connectivity index (χ1) is 18.1. The number of ether oxygens (including phenoxy) is 3. The van der Waals surface area contributed by atoms with E-state index in [0.717, 1.165) is 11.1 Å². The van der Waals surface area contributed by atoms with Crippen LogP contribution in [0.15, 0.2) is 66.2 Å². The molecule has 1 unspecified atom stereocenters. The van der Waals surface area contributed by atoms with Crippen LogP contribution in [0.5, 0.6) is 17.2 Å². The van der Waals surface area contributed by atoms with E-state index in [1.807, 2.05) is 32.9 Å². The summed E-state index contributed by atoms with van der Waals surface area (Å²) in [6.45, 7) is 5.82. The van der Waals surface area contributed by atoms with Gasteiger partial charge in [0.2, 0.25) is 0 Å². The van der Waals surface area contributed by atoms with E-state index in [0.29, 0.717) is 17.1 Å². The molecule has 0 aromatic heterocycles. The molecule has 38 heavy (non-hydrogen) atoms. The van der Waals surface area contributed by atoms with Gasteiger partial charge in [0.25, 0.3) is 11.7 Å². The average Bonchev–Trinajstić information content (AvgIpc) is 3.13. The van der Waals surface area contributed by atoms with Gasteiger partial charge in [0.1, 0.15) is 23.0 Å². The number of aliphatic hydroxyl groups is 1. The highest BCUT2D eigenvalue weighted by molar-refractivity contribution is 6.46. The van der Waals surface area contributed by atoms with Crippen LogP contribution >= 0.6 is 11.6 Å². The Morgan fingerprint density at radius 1 is 0.974 bits per heavy atom. The number of halogens is 1. The summed E-state index contributed by atoms with van der Waals surface area (Å²) in [6, 6.07) is 16.9. The van der Waals surface area contributed by atoms with Gasteiger partial charge in [-0.3, -0.25) is 9.59 Å².